The van der Waals surface area contributed by atoms with Gasteiger partial charge >= 0.3 is 11.8 Å². The van der Waals surface area contributed by atoms with Gasteiger partial charge in [-0.1, -0.05) is 12.1 Å². The van der Waals surface area contributed by atoms with Crippen molar-refractivity contribution in [3.05, 3.63) is 24.3 Å². The summed E-state index contributed by atoms with van der Waals surface area (Å²) in [4.78, 5) is 30.5. The predicted octanol–water partition coefficient (Wildman–Crippen LogP) is 0.465. The molecule has 0 aliphatic carbocycles. The molecule has 2 amide bonds. The number of rotatable bonds is 8. The summed E-state index contributed by atoms with van der Waals surface area (Å²) in [5.74, 6) is -0.171. The van der Waals surface area contributed by atoms with E-state index >= 15 is 0 Å². The third kappa shape index (κ3) is 5.58. The first-order valence-electron chi connectivity index (χ1n) is 9.06. The lowest BCUT2D eigenvalue weighted by molar-refractivity contribution is -0.152. The molecule has 0 spiro atoms. The van der Waals surface area contributed by atoms with Crippen molar-refractivity contribution in [3.63, 3.8) is 0 Å². The van der Waals surface area contributed by atoms with Crippen LogP contribution in [0.3, 0.4) is 0 Å². The Hall–Kier alpha value is -2.32. The lowest BCUT2D eigenvalue weighted by Gasteiger charge is -2.37. The third-order valence-corrected chi connectivity index (χ3v) is 4.59. The lowest BCUT2D eigenvalue weighted by Crippen LogP contribution is -2.54. The molecule has 8 nitrogen and oxygen atoms in total. The first-order chi connectivity index (χ1) is 13.1. The second-order valence-corrected chi connectivity index (χ2v) is 6.23. The minimum atomic E-state index is -0.505. The number of ether oxygens (including phenoxy) is 3. The normalized spacial score (nSPS) is 14.2. The molecule has 0 N–H and O–H groups in total. The smallest absolute Gasteiger partial charge is 0.312 e. The minimum Gasteiger partial charge on any atom is -0.495 e. The van der Waals surface area contributed by atoms with Crippen molar-refractivity contribution in [2.45, 2.75) is 0 Å². The Kier molecular flexibility index (Phi) is 8.35. The highest BCUT2D eigenvalue weighted by Gasteiger charge is 2.30. The topological polar surface area (TPSA) is 71.6 Å². The molecule has 0 saturated carbocycles. The fourth-order valence-electron chi connectivity index (χ4n) is 3.03. The van der Waals surface area contributed by atoms with Crippen molar-refractivity contribution in [2.24, 2.45) is 0 Å². The molecule has 8 heteroatoms. The quantitative estimate of drug-likeness (QED) is 0.612. The molecule has 1 aliphatic heterocycles. The van der Waals surface area contributed by atoms with Gasteiger partial charge in [-0.3, -0.25) is 9.59 Å². The highest BCUT2D eigenvalue weighted by molar-refractivity contribution is 6.34. The number of piperazine rings is 1. The molecule has 2 rings (SSSR count). The van der Waals surface area contributed by atoms with E-state index in [2.05, 4.69) is 4.90 Å². The summed E-state index contributed by atoms with van der Waals surface area (Å²) in [7, 11) is 4.78. The van der Waals surface area contributed by atoms with Crippen LogP contribution < -0.4 is 9.64 Å². The van der Waals surface area contributed by atoms with E-state index in [9.17, 15) is 9.59 Å². The largest absolute Gasteiger partial charge is 0.495 e. The summed E-state index contributed by atoms with van der Waals surface area (Å²) in [5.41, 5.74) is 1.00. The molecule has 0 aromatic heterocycles. The van der Waals surface area contributed by atoms with Gasteiger partial charge < -0.3 is 28.9 Å². The molecule has 1 aromatic carbocycles. The lowest BCUT2D eigenvalue weighted by atomic mass is 10.2. The van der Waals surface area contributed by atoms with Crippen LogP contribution in [0.4, 0.5) is 5.69 Å². The van der Waals surface area contributed by atoms with Crippen molar-refractivity contribution in [2.75, 3.05) is 78.7 Å². The maximum Gasteiger partial charge on any atom is 0.312 e. The van der Waals surface area contributed by atoms with Gasteiger partial charge in [0.05, 0.1) is 26.0 Å². The van der Waals surface area contributed by atoms with E-state index in [1.54, 1.807) is 26.2 Å². The van der Waals surface area contributed by atoms with Crippen LogP contribution in [0.1, 0.15) is 0 Å². The maximum atomic E-state index is 12.6. The number of anilines is 1. The predicted molar refractivity (Wildman–Crippen MR) is 102 cm³/mol. The first kappa shape index (κ1) is 21.0. The number of para-hydroxylation sites is 2. The van der Waals surface area contributed by atoms with Gasteiger partial charge in [0.2, 0.25) is 0 Å². The van der Waals surface area contributed by atoms with Gasteiger partial charge in [0, 0.05) is 53.5 Å². The Morgan fingerprint density at radius 2 is 1.56 bits per heavy atom. The Morgan fingerprint density at radius 3 is 2.11 bits per heavy atom. The van der Waals surface area contributed by atoms with E-state index in [1.807, 2.05) is 24.3 Å². The van der Waals surface area contributed by atoms with Crippen LogP contribution in [0.25, 0.3) is 0 Å². The molecule has 1 fully saturated rings. The summed E-state index contributed by atoms with van der Waals surface area (Å²) >= 11 is 0. The fraction of sp³-hybridized carbons (Fsp3) is 0.579. The number of amides is 2. The third-order valence-electron chi connectivity index (χ3n) is 4.59. The van der Waals surface area contributed by atoms with Gasteiger partial charge in [-0.2, -0.15) is 0 Å². The monoisotopic (exact) mass is 379 g/mol. The number of benzene rings is 1. The summed E-state index contributed by atoms with van der Waals surface area (Å²) in [5, 5.41) is 0. The van der Waals surface area contributed by atoms with Crippen LogP contribution in [0.2, 0.25) is 0 Å². The Morgan fingerprint density at radius 1 is 0.963 bits per heavy atom. The molecular weight excluding hydrogens is 350 g/mol. The van der Waals surface area contributed by atoms with E-state index in [4.69, 9.17) is 14.2 Å². The maximum absolute atomic E-state index is 12.6. The summed E-state index contributed by atoms with van der Waals surface area (Å²) in [6.45, 7) is 3.77. The second kappa shape index (κ2) is 10.7. The summed E-state index contributed by atoms with van der Waals surface area (Å²) < 4.78 is 15.5. The Labute approximate surface area is 160 Å². The average molecular weight is 379 g/mol. The van der Waals surface area contributed by atoms with Crippen LogP contribution in [-0.2, 0) is 19.1 Å². The highest BCUT2D eigenvalue weighted by Crippen LogP contribution is 2.28. The molecule has 0 radical (unpaired) electrons. The zero-order valence-corrected chi connectivity index (χ0v) is 16.3. The van der Waals surface area contributed by atoms with E-state index in [1.165, 1.54) is 4.90 Å². The molecule has 0 atom stereocenters. The zero-order valence-electron chi connectivity index (χ0n) is 16.3. The molecule has 1 aromatic rings. The van der Waals surface area contributed by atoms with Gasteiger partial charge in [0.1, 0.15) is 5.75 Å². The van der Waals surface area contributed by atoms with E-state index in [0.717, 1.165) is 11.4 Å². The summed E-state index contributed by atoms with van der Waals surface area (Å²) in [6.07, 6.45) is 0. The van der Waals surface area contributed by atoms with Crippen molar-refractivity contribution in [1.82, 2.24) is 9.80 Å². The van der Waals surface area contributed by atoms with Gasteiger partial charge in [-0.25, -0.2) is 0 Å². The Balaban J connectivity index is 1.95. The number of methoxy groups -OCH3 is 3. The van der Waals surface area contributed by atoms with Gasteiger partial charge in [0.15, 0.2) is 0 Å². The van der Waals surface area contributed by atoms with Crippen molar-refractivity contribution in [1.29, 1.82) is 0 Å². The molecule has 27 heavy (non-hydrogen) atoms. The zero-order chi connectivity index (χ0) is 19.6. The molecule has 1 heterocycles. The molecule has 0 bridgehead atoms. The van der Waals surface area contributed by atoms with Crippen LogP contribution in [0, 0.1) is 0 Å². The number of hydrogen-bond donors (Lipinski definition) is 0. The van der Waals surface area contributed by atoms with E-state index < -0.39 is 11.8 Å². The molecule has 0 unspecified atom stereocenters. The highest BCUT2D eigenvalue weighted by atomic mass is 16.5. The molecule has 1 saturated heterocycles. The fourth-order valence-corrected chi connectivity index (χ4v) is 3.03. The number of hydrogen-bond acceptors (Lipinski definition) is 6. The first-order valence-corrected chi connectivity index (χ1v) is 9.06. The van der Waals surface area contributed by atoms with Crippen molar-refractivity contribution >= 4 is 17.5 Å². The number of carbonyl (C=O) groups is 2. The van der Waals surface area contributed by atoms with Crippen LogP contribution >= 0.6 is 0 Å². The van der Waals surface area contributed by atoms with Gasteiger partial charge in [-0.05, 0) is 12.1 Å². The van der Waals surface area contributed by atoms with Crippen molar-refractivity contribution in [3.8, 4) is 5.75 Å². The average Bonchev–Trinajstić information content (AvgIpc) is 2.73. The Bertz CT molecular complexity index is 609. The van der Waals surface area contributed by atoms with Crippen LogP contribution in [0.5, 0.6) is 5.75 Å². The minimum absolute atomic E-state index is 0.367. The number of nitrogens with zero attached hydrogens (tertiary/aromatic N) is 3. The van der Waals surface area contributed by atoms with Crippen LogP contribution in [0.15, 0.2) is 24.3 Å². The standard InChI is InChI=1S/C19H29N3O5/c1-25-14-12-22(13-15-26-2)19(24)18(23)21-10-8-20(9-11-21)16-6-4-5-7-17(16)27-3/h4-7H,8-15H2,1-3H3. The van der Waals surface area contributed by atoms with E-state index in [0.29, 0.717) is 52.5 Å². The molecule has 1 aliphatic rings. The second-order valence-electron chi connectivity index (χ2n) is 6.23. The van der Waals surface area contributed by atoms with E-state index in [-0.39, 0.29) is 0 Å². The molecular formula is C19H29N3O5. The van der Waals surface area contributed by atoms with Crippen LogP contribution in [-0.4, -0.2) is 95.4 Å². The molecule has 150 valence electrons. The van der Waals surface area contributed by atoms with Crippen molar-refractivity contribution < 1.29 is 23.8 Å². The summed E-state index contributed by atoms with van der Waals surface area (Å²) in [6, 6.07) is 7.80. The van der Waals surface area contributed by atoms with Gasteiger partial charge in [0.25, 0.3) is 0 Å². The SMILES string of the molecule is COCCN(CCOC)C(=O)C(=O)N1CCN(c2ccccc2OC)CC1. The number of carbonyl (C=O) groups excluding carboxylic acids is 2. The van der Waals surface area contributed by atoms with Gasteiger partial charge in [-0.15, -0.1) is 0 Å².